The second-order valence-electron chi connectivity index (χ2n) is 6.38. The van der Waals surface area contributed by atoms with E-state index in [0.29, 0.717) is 0 Å². The van der Waals surface area contributed by atoms with Gasteiger partial charge in [0.25, 0.3) is 0 Å². The molecule has 0 fully saturated rings. The Bertz CT molecular complexity index is 499. The Hall–Kier alpha value is -1.72. The van der Waals surface area contributed by atoms with Gasteiger partial charge in [-0.25, -0.2) is 0 Å². The molecule has 2 rings (SSSR count). The van der Waals surface area contributed by atoms with E-state index in [9.17, 15) is 0 Å². The maximum atomic E-state index is 5.80. The van der Waals surface area contributed by atoms with Gasteiger partial charge in [0.15, 0.2) is 6.29 Å². The van der Waals surface area contributed by atoms with Crippen molar-refractivity contribution in [1.82, 2.24) is 0 Å². The van der Waals surface area contributed by atoms with Crippen LogP contribution in [0.1, 0.15) is 44.6 Å². The Labute approximate surface area is 150 Å². The number of benzene rings is 1. The highest BCUT2D eigenvalue weighted by molar-refractivity contribution is 5.27. The summed E-state index contributed by atoms with van der Waals surface area (Å²) in [4.78, 5) is 0. The molecule has 0 N–H and O–H groups in total. The van der Waals surface area contributed by atoms with Crippen molar-refractivity contribution in [1.29, 1.82) is 0 Å². The summed E-state index contributed by atoms with van der Waals surface area (Å²) in [5.41, 5.74) is 1.25. The Morgan fingerprint density at radius 2 is 1.64 bits per heavy atom. The molecule has 1 aliphatic rings. The molecule has 1 aromatic carbocycles. The molecule has 25 heavy (non-hydrogen) atoms. The Kier molecular flexibility index (Phi) is 8.09. The molecule has 0 saturated carbocycles. The fraction of sp³-hybridized carbons (Fsp3) is 0.600. The van der Waals surface area contributed by atoms with Gasteiger partial charge < -0.3 is 23.7 Å². The van der Waals surface area contributed by atoms with Crippen molar-refractivity contribution in [2.45, 2.75) is 57.5 Å². The molecular formula is C20H30O5. The van der Waals surface area contributed by atoms with Gasteiger partial charge in [0.2, 0.25) is 5.79 Å². The lowest BCUT2D eigenvalue weighted by Gasteiger charge is -2.22. The number of hydrogen-bond acceptors (Lipinski definition) is 5. The lowest BCUT2D eigenvalue weighted by atomic mass is 10.1. The number of unbranched alkanes of at least 4 members (excludes halogenated alkanes) is 2. The molecule has 1 aromatic rings. The van der Waals surface area contributed by atoms with Crippen LogP contribution < -0.4 is 4.74 Å². The zero-order valence-electron chi connectivity index (χ0n) is 15.5. The van der Waals surface area contributed by atoms with E-state index < -0.39 is 5.79 Å². The molecule has 0 radical (unpaired) electrons. The maximum Gasteiger partial charge on any atom is 0.247 e. The van der Waals surface area contributed by atoms with Gasteiger partial charge in [-0.3, -0.25) is 0 Å². The highest BCUT2D eigenvalue weighted by Crippen LogP contribution is 2.25. The summed E-state index contributed by atoms with van der Waals surface area (Å²) >= 11 is 0. The van der Waals surface area contributed by atoms with Crippen molar-refractivity contribution in [2.24, 2.45) is 0 Å². The molecule has 5 nitrogen and oxygen atoms in total. The van der Waals surface area contributed by atoms with E-state index in [-0.39, 0.29) is 6.29 Å². The second-order valence-corrected chi connectivity index (χ2v) is 6.38. The molecule has 0 aromatic heterocycles. The highest BCUT2D eigenvalue weighted by atomic mass is 16.7. The third kappa shape index (κ3) is 6.96. The molecule has 1 aliphatic heterocycles. The first-order chi connectivity index (χ1) is 12.1. The molecule has 0 aliphatic carbocycles. The predicted molar refractivity (Wildman–Crippen MR) is 96.2 cm³/mol. The topological polar surface area (TPSA) is 46.2 Å². The smallest absolute Gasteiger partial charge is 0.247 e. The van der Waals surface area contributed by atoms with Gasteiger partial charge in [0, 0.05) is 27.6 Å². The molecule has 1 heterocycles. The van der Waals surface area contributed by atoms with Crippen LogP contribution in [0.25, 0.3) is 0 Å². The lowest BCUT2D eigenvalue weighted by Crippen LogP contribution is -2.25. The van der Waals surface area contributed by atoms with E-state index >= 15 is 0 Å². The molecule has 5 heteroatoms. The number of ether oxygens (including phenoxy) is 5. The van der Waals surface area contributed by atoms with Crippen LogP contribution in [0.3, 0.4) is 0 Å². The monoisotopic (exact) mass is 350 g/mol. The largest absolute Gasteiger partial charge is 0.494 e. The first-order valence-corrected chi connectivity index (χ1v) is 8.93. The summed E-state index contributed by atoms with van der Waals surface area (Å²) in [5, 5.41) is 0. The molecular weight excluding hydrogens is 320 g/mol. The molecule has 0 spiro atoms. The van der Waals surface area contributed by atoms with E-state index in [1.54, 1.807) is 26.7 Å². The summed E-state index contributed by atoms with van der Waals surface area (Å²) in [7, 11) is 3.35. The van der Waals surface area contributed by atoms with Crippen LogP contribution in [0, 0.1) is 0 Å². The number of methoxy groups -OCH3 is 2. The Balaban J connectivity index is 1.59. The maximum absolute atomic E-state index is 5.80. The predicted octanol–water partition coefficient (Wildman–Crippen LogP) is 4.41. The second kappa shape index (κ2) is 10.3. The minimum Gasteiger partial charge on any atom is -0.494 e. The summed E-state index contributed by atoms with van der Waals surface area (Å²) in [6.45, 7) is 2.68. The molecule has 0 saturated heterocycles. The van der Waals surface area contributed by atoms with Crippen LogP contribution >= 0.6 is 0 Å². The van der Waals surface area contributed by atoms with E-state index in [1.165, 1.54) is 5.56 Å². The van der Waals surface area contributed by atoms with Crippen LogP contribution in [0.15, 0.2) is 36.8 Å². The average Bonchev–Trinajstić information content (AvgIpc) is 3.07. The summed E-state index contributed by atoms with van der Waals surface area (Å²) in [6, 6.07) is 8.25. The van der Waals surface area contributed by atoms with Crippen molar-refractivity contribution in [2.75, 3.05) is 20.8 Å². The van der Waals surface area contributed by atoms with Gasteiger partial charge in [-0.2, -0.15) is 0 Å². The summed E-state index contributed by atoms with van der Waals surface area (Å²) in [6.07, 6.45) is 8.95. The lowest BCUT2D eigenvalue weighted by molar-refractivity contribution is -0.130. The molecule has 0 amide bonds. The third-order valence-electron chi connectivity index (χ3n) is 4.36. The van der Waals surface area contributed by atoms with Gasteiger partial charge in [-0.05, 0) is 49.8 Å². The first kappa shape index (κ1) is 19.6. The van der Waals surface area contributed by atoms with E-state index in [4.69, 9.17) is 23.7 Å². The normalized spacial score (nSPS) is 15.2. The number of hydrogen-bond donors (Lipinski definition) is 0. The molecule has 0 unspecified atom stereocenters. The van der Waals surface area contributed by atoms with Crippen LogP contribution in [0.5, 0.6) is 5.75 Å². The van der Waals surface area contributed by atoms with Crippen LogP contribution in [-0.2, 0) is 25.4 Å². The van der Waals surface area contributed by atoms with Crippen molar-refractivity contribution in [3.8, 4) is 5.75 Å². The van der Waals surface area contributed by atoms with Crippen LogP contribution in [0.4, 0.5) is 0 Å². The number of aryl methyl sites for hydroxylation is 1. The first-order valence-electron chi connectivity index (χ1n) is 8.93. The number of rotatable bonds is 12. The van der Waals surface area contributed by atoms with Crippen LogP contribution in [0.2, 0.25) is 0 Å². The minimum absolute atomic E-state index is 0.0912. The fourth-order valence-corrected chi connectivity index (χ4v) is 2.72. The highest BCUT2D eigenvalue weighted by Gasteiger charge is 2.28. The van der Waals surface area contributed by atoms with E-state index in [1.807, 2.05) is 19.1 Å². The SMILES string of the molecule is COC(CCCCCOc1ccc(CCC2(C)OC=CO2)cc1)OC. The van der Waals surface area contributed by atoms with Crippen molar-refractivity contribution in [3.63, 3.8) is 0 Å². The molecule has 140 valence electrons. The average molecular weight is 350 g/mol. The Morgan fingerprint density at radius 1 is 0.960 bits per heavy atom. The van der Waals surface area contributed by atoms with Gasteiger partial charge >= 0.3 is 0 Å². The Morgan fingerprint density at radius 3 is 2.28 bits per heavy atom. The van der Waals surface area contributed by atoms with Gasteiger partial charge in [0.1, 0.15) is 18.3 Å². The van der Waals surface area contributed by atoms with Gasteiger partial charge in [0.05, 0.1) is 6.61 Å². The third-order valence-corrected chi connectivity index (χ3v) is 4.36. The van der Waals surface area contributed by atoms with Crippen molar-refractivity contribution in [3.05, 3.63) is 42.4 Å². The quantitative estimate of drug-likeness (QED) is 0.413. The van der Waals surface area contributed by atoms with Crippen LogP contribution in [-0.4, -0.2) is 32.9 Å². The van der Waals surface area contributed by atoms with E-state index in [2.05, 4.69) is 12.1 Å². The van der Waals surface area contributed by atoms with Crippen molar-refractivity contribution >= 4 is 0 Å². The molecule has 0 bridgehead atoms. The zero-order chi connectivity index (χ0) is 18.0. The van der Waals surface area contributed by atoms with Gasteiger partial charge in [-0.15, -0.1) is 0 Å². The molecule has 0 atom stereocenters. The summed E-state index contributed by atoms with van der Waals surface area (Å²) in [5.74, 6) is 0.386. The fourth-order valence-electron chi connectivity index (χ4n) is 2.72. The van der Waals surface area contributed by atoms with Gasteiger partial charge in [-0.1, -0.05) is 12.1 Å². The van der Waals surface area contributed by atoms with Crippen molar-refractivity contribution < 1.29 is 23.7 Å². The minimum atomic E-state index is -0.528. The summed E-state index contributed by atoms with van der Waals surface area (Å²) < 4.78 is 27.1. The zero-order valence-corrected chi connectivity index (χ0v) is 15.5. The van der Waals surface area contributed by atoms with E-state index in [0.717, 1.165) is 50.9 Å². The standard InChI is InChI=1S/C20H30O5/c1-20(24-15-16-25-20)13-12-17-8-10-18(11-9-17)23-14-6-4-5-7-19(21-2)22-3/h8-11,15-16,19H,4-7,12-14H2,1-3H3.